The van der Waals surface area contributed by atoms with Crippen LogP contribution in [0.1, 0.15) is 79.6 Å². The predicted octanol–water partition coefficient (Wildman–Crippen LogP) is 4.10. The summed E-state index contributed by atoms with van der Waals surface area (Å²) in [5, 5.41) is 7.13. The molecule has 0 radical (unpaired) electrons. The van der Waals surface area contributed by atoms with Crippen molar-refractivity contribution in [1.29, 1.82) is 0 Å². The molecule has 0 aromatic rings. The van der Waals surface area contributed by atoms with E-state index in [1.54, 1.807) is 0 Å². The zero-order valence-corrected chi connectivity index (χ0v) is 13.4. The van der Waals surface area contributed by atoms with Crippen LogP contribution in [0.3, 0.4) is 0 Å². The third-order valence-corrected chi connectivity index (χ3v) is 3.21. The molecule has 0 amide bonds. The van der Waals surface area contributed by atoms with Gasteiger partial charge in [-0.3, -0.25) is 0 Å². The van der Waals surface area contributed by atoms with Crippen molar-refractivity contribution in [3.05, 3.63) is 0 Å². The van der Waals surface area contributed by atoms with Gasteiger partial charge in [-0.15, -0.1) is 0 Å². The smallest absolute Gasteiger partial charge is 0.0164 e. The SMILES string of the molecule is CCCCCCCCCNC(C)CNC(C)(C)C. The molecule has 0 aliphatic heterocycles. The van der Waals surface area contributed by atoms with Crippen LogP contribution in [0.25, 0.3) is 0 Å². The molecule has 0 heterocycles. The Balaban J connectivity index is 3.23. The molecule has 2 heteroatoms. The number of unbranched alkanes of at least 4 members (excludes halogenated alkanes) is 6. The van der Waals surface area contributed by atoms with Gasteiger partial charge in [0.15, 0.2) is 0 Å². The van der Waals surface area contributed by atoms with Crippen molar-refractivity contribution in [2.24, 2.45) is 0 Å². The van der Waals surface area contributed by atoms with Crippen molar-refractivity contribution in [1.82, 2.24) is 10.6 Å². The van der Waals surface area contributed by atoms with Gasteiger partial charge >= 0.3 is 0 Å². The van der Waals surface area contributed by atoms with E-state index in [0.717, 1.165) is 6.54 Å². The monoisotopic (exact) mass is 256 g/mol. The lowest BCUT2D eigenvalue weighted by Gasteiger charge is -2.24. The summed E-state index contributed by atoms with van der Waals surface area (Å²) in [6, 6.07) is 0.573. The normalized spacial score (nSPS) is 13.8. The second-order valence-corrected chi connectivity index (χ2v) is 6.61. The average molecular weight is 256 g/mol. The van der Waals surface area contributed by atoms with Gasteiger partial charge in [-0.05, 0) is 40.7 Å². The van der Waals surface area contributed by atoms with Crippen molar-refractivity contribution < 1.29 is 0 Å². The molecule has 0 bridgehead atoms. The van der Waals surface area contributed by atoms with E-state index in [9.17, 15) is 0 Å². The van der Waals surface area contributed by atoms with Gasteiger partial charge in [-0.1, -0.05) is 45.4 Å². The summed E-state index contributed by atoms with van der Waals surface area (Å²) in [5.41, 5.74) is 0.231. The van der Waals surface area contributed by atoms with E-state index < -0.39 is 0 Å². The minimum atomic E-state index is 0.231. The average Bonchev–Trinajstić information content (AvgIpc) is 2.29. The fraction of sp³-hybridized carbons (Fsp3) is 1.00. The molecule has 0 rings (SSSR count). The summed E-state index contributed by atoms with van der Waals surface area (Å²) in [4.78, 5) is 0. The molecule has 0 aromatic carbocycles. The van der Waals surface area contributed by atoms with Crippen molar-refractivity contribution in [3.63, 3.8) is 0 Å². The second kappa shape index (κ2) is 10.8. The van der Waals surface area contributed by atoms with Crippen molar-refractivity contribution in [3.8, 4) is 0 Å². The third kappa shape index (κ3) is 14.0. The Bertz CT molecular complexity index is 172. The van der Waals surface area contributed by atoms with Crippen LogP contribution in [-0.4, -0.2) is 24.7 Å². The van der Waals surface area contributed by atoms with Crippen LogP contribution in [0.15, 0.2) is 0 Å². The lowest BCUT2D eigenvalue weighted by atomic mass is 10.1. The van der Waals surface area contributed by atoms with Gasteiger partial charge in [-0.25, -0.2) is 0 Å². The highest BCUT2D eigenvalue weighted by Gasteiger charge is 2.10. The molecule has 2 nitrogen and oxygen atoms in total. The Morgan fingerprint density at radius 3 is 2.00 bits per heavy atom. The van der Waals surface area contributed by atoms with E-state index in [4.69, 9.17) is 0 Å². The Hall–Kier alpha value is -0.0800. The molecular formula is C16H36N2. The highest BCUT2D eigenvalue weighted by molar-refractivity contribution is 4.74. The quantitative estimate of drug-likeness (QED) is 0.544. The molecule has 0 aromatic heterocycles. The minimum absolute atomic E-state index is 0.231. The Labute approximate surface area is 115 Å². The molecule has 1 unspecified atom stereocenters. The van der Waals surface area contributed by atoms with Crippen LogP contribution in [0.5, 0.6) is 0 Å². The lowest BCUT2D eigenvalue weighted by molar-refractivity contribution is 0.386. The van der Waals surface area contributed by atoms with Crippen molar-refractivity contribution >= 4 is 0 Å². The molecule has 0 spiro atoms. The fourth-order valence-corrected chi connectivity index (χ4v) is 1.96. The lowest BCUT2D eigenvalue weighted by Crippen LogP contribution is -2.44. The van der Waals surface area contributed by atoms with Gasteiger partial charge < -0.3 is 10.6 Å². The number of hydrogen-bond donors (Lipinski definition) is 2. The highest BCUT2D eigenvalue weighted by Crippen LogP contribution is 2.06. The summed E-state index contributed by atoms with van der Waals surface area (Å²) in [6.07, 6.45) is 9.73. The van der Waals surface area contributed by atoms with E-state index in [1.165, 1.54) is 51.5 Å². The third-order valence-electron chi connectivity index (χ3n) is 3.21. The zero-order chi connectivity index (χ0) is 13.9. The van der Waals surface area contributed by atoms with Crippen molar-refractivity contribution in [2.75, 3.05) is 13.1 Å². The van der Waals surface area contributed by atoms with Gasteiger partial charge in [0.25, 0.3) is 0 Å². The topological polar surface area (TPSA) is 24.1 Å². The maximum atomic E-state index is 3.59. The standard InChI is InChI=1S/C16H36N2/c1-6-7-8-9-10-11-12-13-17-15(2)14-18-16(3,4)5/h15,17-18H,6-14H2,1-5H3. The molecule has 110 valence electrons. The number of hydrogen-bond acceptors (Lipinski definition) is 2. The summed E-state index contributed by atoms with van der Waals surface area (Å²) in [5.74, 6) is 0. The van der Waals surface area contributed by atoms with E-state index in [2.05, 4.69) is 45.3 Å². The van der Waals surface area contributed by atoms with Crippen LogP contribution >= 0.6 is 0 Å². The summed E-state index contributed by atoms with van der Waals surface area (Å²) in [6.45, 7) is 13.4. The number of nitrogens with one attached hydrogen (secondary N) is 2. The van der Waals surface area contributed by atoms with Gasteiger partial charge in [0.05, 0.1) is 0 Å². The Kier molecular flexibility index (Phi) is 10.8. The van der Waals surface area contributed by atoms with E-state index >= 15 is 0 Å². The van der Waals surface area contributed by atoms with Crippen LogP contribution < -0.4 is 10.6 Å². The summed E-state index contributed by atoms with van der Waals surface area (Å²) < 4.78 is 0. The van der Waals surface area contributed by atoms with Gasteiger partial charge in [0.2, 0.25) is 0 Å². The van der Waals surface area contributed by atoms with E-state index in [0.29, 0.717) is 6.04 Å². The zero-order valence-electron chi connectivity index (χ0n) is 13.4. The second-order valence-electron chi connectivity index (χ2n) is 6.61. The first-order valence-corrected chi connectivity index (χ1v) is 7.94. The van der Waals surface area contributed by atoms with Crippen LogP contribution in [0, 0.1) is 0 Å². The van der Waals surface area contributed by atoms with E-state index in [1.807, 2.05) is 0 Å². The molecule has 0 saturated heterocycles. The first-order valence-electron chi connectivity index (χ1n) is 7.94. The van der Waals surface area contributed by atoms with Gasteiger partial charge in [0.1, 0.15) is 0 Å². The fourth-order valence-electron chi connectivity index (χ4n) is 1.96. The van der Waals surface area contributed by atoms with Crippen LogP contribution in [0.4, 0.5) is 0 Å². The summed E-state index contributed by atoms with van der Waals surface area (Å²) >= 11 is 0. The molecule has 0 fully saturated rings. The molecule has 0 saturated carbocycles. The molecule has 0 aliphatic rings. The largest absolute Gasteiger partial charge is 0.313 e. The van der Waals surface area contributed by atoms with Gasteiger partial charge in [-0.2, -0.15) is 0 Å². The maximum Gasteiger partial charge on any atom is 0.0164 e. The Morgan fingerprint density at radius 1 is 0.889 bits per heavy atom. The first-order chi connectivity index (χ1) is 8.45. The highest BCUT2D eigenvalue weighted by atomic mass is 15.0. The predicted molar refractivity (Wildman–Crippen MR) is 83.2 cm³/mol. The van der Waals surface area contributed by atoms with Crippen molar-refractivity contribution in [2.45, 2.75) is 91.1 Å². The molecule has 18 heavy (non-hydrogen) atoms. The maximum absolute atomic E-state index is 3.59. The number of rotatable bonds is 11. The van der Waals surface area contributed by atoms with E-state index in [-0.39, 0.29) is 5.54 Å². The molecule has 2 N–H and O–H groups in total. The van der Waals surface area contributed by atoms with Gasteiger partial charge in [0, 0.05) is 18.1 Å². The molecule has 0 aliphatic carbocycles. The van der Waals surface area contributed by atoms with Crippen LogP contribution in [0.2, 0.25) is 0 Å². The first kappa shape index (κ1) is 17.9. The minimum Gasteiger partial charge on any atom is -0.313 e. The molecule has 1 atom stereocenters. The molecular weight excluding hydrogens is 220 g/mol. The summed E-state index contributed by atoms with van der Waals surface area (Å²) in [7, 11) is 0. The van der Waals surface area contributed by atoms with Crippen LogP contribution in [-0.2, 0) is 0 Å². The Morgan fingerprint density at radius 2 is 1.44 bits per heavy atom.